The molecule has 6 nitrogen and oxygen atoms in total. The van der Waals surface area contributed by atoms with E-state index in [1.165, 1.54) is 0 Å². The number of nitrogens with zero attached hydrogens (tertiary/aromatic N) is 2. The zero-order valence-corrected chi connectivity index (χ0v) is 16.9. The summed E-state index contributed by atoms with van der Waals surface area (Å²) in [6.45, 7) is 0.274. The summed E-state index contributed by atoms with van der Waals surface area (Å²) >= 11 is 0. The maximum Gasteiger partial charge on any atom is 0.417 e. The van der Waals surface area contributed by atoms with Crippen LogP contribution in [0.4, 0.5) is 4.79 Å². The van der Waals surface area contributed by atoms with Crippen molar-refractivity contribution in [1.29, 1.82) is 0 Å². The Hall–Kier alpha value is -3.93. The summed E-state index contributed by atoms with van der Waals surface area (Å²) in [6, 6.07) is 26.3. The van der Waals surface area contributed by atoms with E-state index in [4.69, 9.17) is 9.15 Å². The molecular weight excluding hydrogens is 392 g/mol. The average molecular weight is 414 g/mol. The van der Waals surface area contributed by atoms with Gasteiger partial charge in [0.1, 0.15) is 12.1 Å². The molecule has 6 heteroatoms. The van der Waals surface area contributed by atoms with Crippen LogP contribution in [-0.2, 0) is 17.8 Å². The molecular formula is C25H22N2O4. The SMILES string of the molecule is O=C(OCc1ccccc1)N(CCCc1ccccc1)C(=O)c1nc2ccccc2o1. The van der Waals surface area contributed by atoms with Gasteiger partial charge >= 0.3 is 12.0 Å². The third kappa shape index (κ3) is 5.17. The van der Waals surface area contributed by atoms with Crippen molar-refractivity contribution in [2.24, 2.45) is 0 Å². The van der Waals surface area contributed by atoms with Crippen LogP contribution in [0.15, 0.2) is 89.3 Å². The molecule has 4 aromatic rings. The Morgan fingerprint density at radius 2 is 1.48 bits per heavy atom. The smallest absolute Gasteiger partial charge is 0.417 e. The summed E-state index contributed by atoms with van der Waals surface area (Å²) in [4.78, 5) is 31.2. The highest BCUT2D eigenvalue weighted by molar-refractivity contribution is 6.01. The third-order valence-electron chi connectivity index (χ3n) is 4.84. The number of amides is 2. The van der Waals surface area contributed by atoms with Crippen LogP contribution in [0, 0.1) is 0 Å². The molecule has 1 aromatic heterocycles. The van der Waals surface area contributed by atoms with Crippen molar-refractivity contribution in [2.45, 2.75) is 19.4 Å². The highest BCUT2D eigenvalue weighted by Gasteiger charge is 2.28. The average Bonchev–Trinajstić information content (AvgIpc) is 3.26. The Morgan fingerprint density at radius 1 is 0.839 bits per heavy atom. The number of benzene rings is 3. The van der Waals surface area contributed by atoms with Crippen LogP contribution in [0.2, 0.25) is 0 Å². The molecule has 0 unspecified atom stereocenters. The summed E-state index contributed by atoms with van der Waals surface area (Å²) in [5, 5.41) is 0. The van der Waals surface area contributed by atoms with Gasteiger partial charge in [0.15, 0.2) is 5.58 Å². The largest absolute Gasteiger partial charge is 0.444 e. The lowest BCUT2D eigenvalue weighted by molar-refractivity contribution is 0.0609. The molecule has 3 aromatic carbocycles. The molecule has 0 N–H and O–H groups in total. The lowest BCUT2D eigenvalue weighted by atomic mass is 10.1. The van der Waals surface area contributed by atoms with Gasteiger partial charge in [-0.3, -0.25) is 4.79 Å². The van der Waals surface area contributed by atoms with E-state index in [2.05, 4.69) is 4.98 Å². The van der Waals surface area contributed by atoms with Crippen LogP contribution < -0.4 is 0 Å². The molecule has 0 aliphatic rings. The van der Waals surface area contributed by atoms with Crippen molar-refractivity contribution in [3.8, 4) is 0 Å². The van der Waals surface area contributed by atoms with Crippen molar-refractivity contribution in [2.75, 3.05) is 6.54 Å². The quantitative estimate of drug-likeness (QED) is 0.413. The molecule has 31 heavy (non-hydrogen) atoms. The summed E-state index contributed by atoms with van der Waals surface area (Å²) in [5.74, 6) is -0.736. The van der Waals surface area contributed by atoms with Gasteiger partial charge in [0.05, 0.1) is 0 Å². The number of carbonyl (C=O) groups excluding carboxylic acids is 2. The standard InChI is InChI=1S/C25H22N2O4/c28-24(23-26-21-15-7-8-16-22(21)31-23)27(17-9-14-19-10-3-1-4-11-19)25(29)30-18-20-12-5-2-6-13-20/h1-8,10-13,15-16H,9,14,17-18H2. The first-order valence-electron chi connectivity index (χ1n) is 10.1. The van der Waals surface area contributed by atoms with E-state index in [1.807, 2.05) is 66.7 Å². The Kier molecular flexibility index (Phi) is 6.38. The molecule has 0 saturated carbocycles. The predicted octanol–water partition coefficient (Wildman–Crippen LogP) is 5.24. The van der Waals surface area contributed by atoms with Crippen LogP contribution in [0.5, 0.6) is 0 Å². The minimum Gasteiger partial charge on any atom is -0.444 e. The number of fused-ring (bicyclic) bond motifs is 1. The van der Waals surface area contributed by atoms with Crippen molar-refractivity contribution in [3.63, 3.8) is 0 Å². The lowest BCUT2D eigenvalue weighted by Crippen LogP contribution is -2.38. The van der Waals surface area contributed by atoms with Crippen LogP contribution in [-0.4, -0.2) is 28.4 Å². The number of oxazole rings is 1. The van der Waals surface area contributed by atoms with Gasteiger partial charge in [0.25, 0.3) is 5.89 Å². The number of hydrogen-bond donors (Lipinski definition) is 0. The van der Waals surface area contributed by atoms with Gasteiger partial charge < -0.3 is 9.15 Å². The van der Waals surface area contributed by atoms with Crippen molar-refractivity contribution in [1.82, 2.24) is 9.88 Å². The van der Waals surface area contributed by atoms with E-state index in [0.29, 0.717) is 17.5 Å². The van der Waals surface area contributed by atoms with E-state index in [9.17, 15) is 9.59 Å². The van der Waals surface area contributed by atoms with Crippen LogP contribution in [0.3, 0.4) is 0 Å². The molecule has 2 amide bonds. The second-order valence-corrected chi connectivity index (χ2v) is 7.07. The van der Waals surface area contributed by atoms with Gasteiger partial charge in [-0.1, -0.05) is 72.8 Å². The molecule has 0 atom stereocenters. The maximum absolute atomic E-state index is 13.1. The summed E-state index contributed by atoms with van der Waals surface area (Å²) in [6.07, 6.45) is 0.602. The van der Waals surface area contributed by atoms with E-state index in [-0.39, 0.29) is 19.0 Å². The van der Waals surface area contributed by atoms with E-state index in [1.54, 1.807) is 18.2 Å². The van der Waals surface area contributed by atoms with Crippen LogP contribution in [0.1, 0.15) is 28.2 Å². The Bertz CT molecular complexity index is 1120. The highest BCUT2D eigenvalue weighted by atomic mass is 16.6. The number of carbonyl (C=O) groups is 2. The number of rotatable bonds is 7. The first-order valence-corrected chi connectivity index (χ1v) is 10.1. The summed E-state index contributed by atoms with van der Waals surface area (Å²) in [7, 11) is 0. The van der Waals surface area contributed by atoms with Gasteiger partial charge in [-0.15, -0.1) is 0 Å². The van der Waals surface area contributed by atoms with Crippen molar-refractivity contribution >= 4 is 23.1 Å². The molecule has 0 bridgehead atoms. The number of ether oxygens (including phenoxy) is 1. The first kappa shape index (κ1) is 20.3. The first-order chi connectivity index (χ1) is 15.2. The summed E-state index contributed by atoms with van der Waals surface area (Å²) in [5.41, 5.74) is 3.03. The van der Waals surface area contributed by atoms with Crippen LogP contribution in [0.25, 0.3) is 11.1 Å². The van der Waals surface area contributed by atoms with Crippen LogP contribution >= 0.6 is 0 Å². The lowest BCUT2D eigenvalue weighted by Gasteiger charge is -2.19. The Morgan fingerprint density at radius 3 is 2.19 bits per heavy atom. The van der Waals surface area contributed by atoms with Gasteiger partial charge in [-0.2, -0.15) is 0 Å². The topological polar surface area (TPSA) is 72.6 Å². The molecule has 0 fully saturated rings. The second-order valence-electron chi connectivity index (χ2n) is 7.07. The molecule has 156 valence electrons. The number of imide groups is 1. The fourth-order valence-electron chi connectivity index (χ4n) is 3.24. The highest BCUT2D eigenvalue weighted by Crippen LogP contribution is 2.17. The van der Waals surface area contributed by atoms with Crippen molar-refractivity contribution in [3.05, 3.63) is 102 Å². The summed E-state index contributed by atoms with van der Waals surface area (Å²) < 4.78 is 11.0. The zero-order valence-electron chi connectivity index (χ0n) is 16.9. The van der Waals surface area contributed by atoms with Crippen molar-refractivity contribution < 1.29 is 18.7 Å². The fraction of sp³-hybridized carbons (Fsp3) is 0.160. The number of aryl methyl sites for hydroxylation is 1. The van der Waals surface area contributed by atoms with Gasteiger partial charge in [0.2, 0.25) is 0 Å². The number of aromatic nitrogens is 1. The van der Waals surface area contributed by atoms with Gasteiger partial charge in [-0.05, 0) is 36.1 Å². The Balaban J connectivity index is 1.48. The third-order valence-corrected chi connectivity index (χ3v) is 4.84. The number of hydrogen-bond acceptors (Lipinski definition) is 5. The molecule has 0 saturated heterocycles. The fourth-order valence-corrected chi connectivity index (χ4v) is 3.24. The zero-order chi connectivity index (χ0) is 21.5. The monoisotopic (exact) mass is 414 g/mol. The predicted molar refractivity (Wildman–Crippen MR) is 116 cm³/mol. The van der Waals surface area contributed by atoms with Gasteiger partial charge in [-0.25, -0.2) is 14.7 Å². The molecule has 0 aliphatic carbocycles. The molecule has 0 aliphatic heterocycles. The Labute approximate surface area is 180 Å². The molecule has 0 radical (unpaired) electrons. The minimum atomic E-state index is -0.718. The van der Waals surface area contributed by atoms with Gasteiger partial charge in [0, 0.05) is 6.54 Å². The normalized spacial score (nSPS) is 10.7. The maximum atomic E-state index is 13.1. The molecule has 0 spiro atoms. The van der Waals surface area contributed by atoms with E-state index >= 15 is 0 Å². The minimum absolute atomic E-state index is 0.0791. The second kappa shape index (κ2) is 9.71. The van der Waals surface area contributed by atoms with E-state index in [0.717, 1.165) is 22.4 Å². The number of para-hydroxylation sites is 2. The molecule has 4 rings (SSSR count). The molecule has 1 heterocycles. The van der Waals surface area contributed by atoms with E-state index < -0.39 is 12.0 Å².